The van der Waals surface area contributed by atoms with E-state index in [1.165, 1.54) is 18.2 Å². The van der Waals surface area contributed by atoms with Gasteiger partial charge in [-0.15, -0.1) is 11.3 Å². The Kier molecular flexibility index (Phi) is 5.05. The number of primary sulfonamides is 1. The van der Waals surface area contributed by atoms with Crippen molar-refractivity contribution in [2.24, 2.45) is 5.14 Å². The van der Waals surface area contributed by atoms with Crippen LogP contribution in [0.3, 0.4) is 0 Å². The summed E-state index contributed by atoms with van der Waals surface area (Å²) in [5, 5.41) is 8.13. The summed E-state index contributed by atoms with van der Waals surface area (Å²) in [6, 6.07) is 4.24. The van der Waals surface area contributed by atoms with Crippen molar-refractivity contribution in [1.82, 2.24) is 9.88 Å². The van der Waals surface area contributed by atoms with E-state index < -0.39 is 10.0 Å². The van der Waals surface area contributed by atoms with Crippen LogP contribution in [0.4, 0.5) is 0 Å². The van der Waals surface area contributed by atoms with Crippen LogP contribution in [0.1, 0.15) is 34.1 Å². The van der Waals surface area contributed by atoms with Gasteiger partial charge in [-0.3, -0.25) is 4.79 Å². The monoisotopic (exact) mass is 429 g/mol. The van der Waals surface area contributed by atoms with Crippen LogP contribution in [0, 0.1) is 0 Å². The number of likely N-dealkylation sites (tertiary alicyclic amines) is 1. The smallest absolute Gasteiger partial charge is 0.255 e. The Morgan fingerprint density at radius 3 is 2.88 bits per heavy atom. The standard InChI is InChI=1S/C15H16BrN3O3S2/c16-13-4-3-11(24(17,21)22)8-12(13)15(20)19-6-1-2-10(9-19)14-18-5-7-23-14/h3-5,7-8,10H,1-2,6,9H2,(H2,17,21,22). The number of carbonyl (C=O) groups excluding carboxylic acids is 1. The van der Waals surface area contributed by atoms with Crippen LogP contribution in [0.25, 0.3) is 0 Å². The molecule has 128 valence electrons. The van der Waals surface area contributed by atoms with E-state index in [1.54, 1.807) is 22.4 Å². The van der Waals surface area contributed by atoms with Crippen LogP contribution >= 0.6 is 27.3 Å². The Morgan fingerprint density at radius 1 is 1.42 bits per heavy atom. The molecular formula is C15H16BrN3O3S2. The molecule has 1 aromatic heterocycles. The summed E-state index contributed by atoms with van der Waals surface area (Å²) in [6.45, 7) is 1.23. The average Bonchev–Trinajstić information content (AvgIpc) is 3.08. The predicted molar refractivity (Wildman–Crippen MR) is 95.5 cm³/mol. The second kappa shape index (κ2) is 6.91. The zero-order valence-electron chi connectivity index (χ0n) is 12.7. The van der Waals surface area contributed by atoms with E-state index in [-0.39, 0.29) is 16.7 Å². The average molecular weight is 430 g/mol. The summed E-state index contributed by atoms with van der Waals surface area (Å²) in [5.41, 5.74) is 0.307. The number of amides is 1. The Morgan fingerprint density at radius 2 is 2.21 bits per heavy atom. The molecule has 1 unspecified atom stereocenters. The number of hydrogen-bond acceptors (Lipinski definition) is 5. The third kappa shape index (κ3) is 3.69. The van der Waals surface area contributed by atoms with Crippen LogP contribution in [0.5, 0.6) is 0 Å². The van der Waals surface area contributed by atoms with Gasteiger partial charge in [0.2, 0.25) is 10.0 Å². The summed E-state index contributed by atoms with van der Waals surface area (Å²) in [4.78, 5) is 18.9. The molecule has 0 aliphatic carbocycles. The van der Waals surface area contributed by atoms with Gasteiger partial charge in [0.1, 0.15) is 0 Å². The van der Waals surface area contributed by atoms with Crippen LogP contribution in [0.15, 0.2) is 39.1 Å². The number of carbonyl (C=O) groups is 1. The first-order valence-electron chi connectivity index (χ1n) is 7.37. The van der Waals surface area contributed by atoms with Crippen molar-refractivity contribution in [3.05, 3.63) is 44.8 Å². The maximum atomic E-state index is 12.9. The maximum Gasteiger partial charge on any atom is 0.255 e. The van der Waals surface area contributed by atoms with E-state index in [0.717, 1.165) is 17.8 Å². The molecule has 1 amide bonds. The molecule has 3 rings (SSSR count). The molecule has 0 saturated carbocycles. The highest BCUT2D eigenvalue weighted by molar-refractivity contribution is 9.10. The van der Waals surface area contributed by atoms with Crippen molar-refractivity contribution in [2.45, 2.75) is 23.7 Å². The van der Waals surface area contributed by atoms with Gasteiger partial charge in [0.15, 0.2) is 0 Å². The molecule has 0 spiro atoms. The Labute approximate surface area is 152 Å². The lowest BCUT2D eigenvalue weighted by atomic mass is 9.98. The second-order valence-electron chi connectivity index (χ2n) is 5.65. The molecule has 1 atom stereocenters. The molecular weight excluding hydrogens is 414 g/mol. The van der Waals surface area contributed by atoms with Crippen molar-refractivity contribution in [1.29, 1.82) is 0 Å². The summed E-state index contributed by atoms with van der Waals surface area (Å²) in [7, 11) is -3.85. The molecule has 1 saturated heterocycles. The zero-order valence-corrected chi connectivity index (χ0v) is 15.9. The van der Waals surface area contributed by atoms with E-state index in [1.807, 2.05) is 5.38 Å². The minimum atomic E-state index is -3.85. The summed E-state index contributed by atoms with van der Waals surface area (Å²) >= 11 is 4.92. The van der Waals surface area contributed by atoms with Crippen LogP contribution in [-0.2, 0) is 10.0 Å². The molecule has 1 fully saturated rings. The zero-order chi connectivity index (χ0) is 17.3. The highest BCUT2D eigenvalue weighted by Gasteiger charge is 2.28. The van der Waals surface area contributed by atoms with Gasteiger partial charge in [0.25, 0.3) is 5.91 Å². The number of thiazole rings is 1. The minimum absolute atomic E-state index is 0.0671. The van der Waals surface area contributed by atoms with E-state index in [9.17, 15) is 13.2 Å². The van der Waals surface area contributed by atoms with Crippen LogP contribution < -0.4 is 5.14 Å². The van der Waals surface area contributed by atoms with E-state index >= 15 is 0 Å². The van der Waals surface area contributed by atoms with Gasteiger partial charge in [-0.25, -0.2) is 18.5 Å². The van der Waals surface area contributed by atoms with Gasteiger partial charge in [0.05, 0.1) is 15.5 Å². The highest BCUT2D eigenvalue weighted by Crippen LogP contribution is 2.30. The molecule has 0 radical (unpaired) electrons. The van der Waals surface area contributed by atoms with E-state index in [2.05, 4.69) is 20.9 Å². The molecule has 2 N–H and O–H groups in total. The normalized spacial score (nSPS) is 18.6. The number of piperidine rings is 1. The lowest BCUT2D eigenvalue weighted by Crippen LogP contribution is -2.39. The number of aromatic nitrogens is 1. The van der Waals surface area contributed by atoms with Crippen LogP contribution in [0.2, 0.25) is 0 Å². The number of sulfonamides is 1. The molecule has 2 heterocycles. The van der Waals surface area contributed by atoms with Crippen molar-refractivity contribution < 1.29 is 13.2 Å². The molecule has 1 aromatic carbocycles. The fourth-order valence-corrected chi connectivity index (χ4v) is 4.54. The highest BCUT2D eigenvalue weighted by atomic mass is 79.9. The van der Waals surface area contributed by atoms with Gasteiger partial charge in [0, 0.05) is 35.1 Å². The maximum absolute atomic E-state index is 12.9. The molecule has 6 nitrogen and oxygen atoms in total. The quantitative estimate of drug-likeness (QED) is 0.810. The Bertz CT molecular complexity index is 853. The fourth-order valence-electron chi connectivity index (χ4n) is 2.81. The van der Waals surface area contributed by atoms with Crippen molar-refractivity contribution in [2.75, 3.05) is 13.1 Å². The number of nitrogens with two attached hydrogens (primary N) is 1. The fraction of sp³-hybridized carbons (Fsp3) is 0.333. The topological polar surface area (TPSA) is 93.4 Å². The molecule has 1 aliphatic rings. The summed E-state index contributed by atoms with van der Waals surface area (Å²) in [5.74, 6) is 0.0246. The first-order valence-corrected chi connectivity index (χ1v) is 10.6. The molecule has 9 heteroatoms. The predicted octanol–water partition coefficient (Wildman–Crippen LogP) is 2.57. The number of hydrogen-bond donors (Lipinski definition) is 1. The van der Waals surface area contributed by atoms with E-state index in [4.69, 9.17) is 5.14 Å². The number of halogens is 1. The summed E-state index contributed by atoms with van der Waals surface area (Å²) in [6.07, 6.45) is 3.66. The van der Waals surface area contributed by atoms with Gasteiger partial charge >= 0.3 is 0 Å². The van der Waals surface area contributed by atoms with Crippen molar-refractivity contribution >= 4 is 43.2 Å². The van der Waals surface area contributed by atoms with Gasteiger partial charge in [-0.2, -0.15) is 0 Å². The number of rotatable bonds is 3. The molecule has 0 bridgehead atoms. The third-order valence-corrected chi connectivity index (χ3v) is 6.55. The Hall–Kier alpha value is -1.29. The van der Waals surface area contributed by atoms with Crippen LogP contribution in [-0.4, -0.2) is 37.3 Å². The van der Waals surface area contributed by atoms with Crippen molar-refractivity contribution in [3.8, 4) is 0 Å². The lowest BCUT2D eigenvalue weighted by molar-refractivity contribution is 0.0706. The third-order valence-electron chi connectivity index (χ3n) is 4.01. The first kappa shape index (κ1) is 17.5. The summed E-state index contributed by atoms with van der Waals surface area (Å²) < 4.78 is 23.6. The number of nitrogens with zero attached hydrogens (tertiary/aromatic N) is 2. The first-order chi connectivity index (χ1) is 11.4. The van der Waals surface area contributed by atoms with Gasteiger partial charge in [-0.05, 0) is 47.0 Å². The van der Waals surface area contributed by atoms with Crippen molar-refractivity contribution in [3.63, 3.8) is 0 Å². The number of benzene rings is 1. The largest absolute Gasteiger partial charge is 0.338 e. The lowest BCUT2D eigenvalue weighted by Gasteiger charge is -2.32. The minimum Gasteiger partial charge on any atom is -0.338 e. The SMILES string of the molecule is NS(=O)(=O)c1ccc(Br)c(C(=O)N2CCCC(c3nccs3)C2)c1. The van der Waals surface area contributed by atoms with Gasteiger partial charge in [-0.1, -0.05) is 0 Å². The molecule has 2 aromatic rings. The van der Waals surface area contributed by atoms with E-state index in [0.29, 0.717) is 23.1 Å². The molecule has 24 heavy (non-hydrogen) atoms. The molecule has 1 aliphatic heterocycles. The Balaban J connectivity index is 1.86. The second-order valence-corrected chi connectivity index (χ2v) is 8.99. The van der Waals surface area contributed by atoms with Gasteiger partial charge < -0.3 is 4.90 Å².